The standard InChI is InChI=1S/C28H27F3N6O2S/c29-28(30,31)17-36-10-6-21(7-11-36)39-24-15-23-18(13-22(24)26-32-8-12-40-26)16-33-27(35-23)34-19-3-1-4-20(14-19)37-9-2-5-25(37)38/h1,3-4,8,12-16,21H,2,5-7,9-11,17H2,(H,33,34,35). The fraction of sp³-hybridized carbons (Fsp3) is 0.357. The monoisotopic (exact) mass is 568 g/mol. The van der Waals surface area contributed by atoms with Crippen LogP contribution in [0.3, 0.4) is 0 Å². The first-order valence-electron chi connectivity index (χ1n) is 13.1. The van der Waals surface area contributed by atoms with E-state index in [1.165, 1.54) is 16.2 Å². The van der Waals surface area contributed by atoms with Crippen molar-refractivity contribution in [2.75, 3.05) is 36.4 Å². The number of hydrogen-bond donors (Lipinski definition) is 1. The lowest BCUT2D eigenvalue weighted by molar-refractivity contribution is -0.149. The lowest BCUT2D eigenvalue weighted by Gasteiger charge is -2.32. The van der Waals surface area contributed by atoms with Crippen molar-refractivity contribution in [1.29, 1.82) is 0 Å². The molecule has 12 heteroatoms. The summed E-state index contributed by atoms with van der Waals surface area (Å²) in [6, 6.07) is 11.4. The third-order valence-electron chi connectivity index (χ3n) is 7.06. The Morgan fingerprint density at radius 1 is 1.10 bits per heavy atom. The van der Waals surface area contributed by atoms with Crippen LogP contribution < -0.4 is 15.0 Å². The van der Waals surface area contributed by atoms with Gasteiger partial charge in [0, 0.05) is 66.7 Å². The topological polar surface area (TPSA) is 83.5 Å². The second-order valence-corrected chi connectivity index (χ2v) is 10.9. The molecule has 4 aromatic rings. The molecule has 8 nitrogen and oxygen atoms in total. The number of fused-ring (bicyclic) bond motifs is 1. The van der Waals surface area contributed by atoms with Crippen molar-refractivity contribution in [1.82, 2.24) is 19.9 Å². The lowest BCUT2D eigenvalue weighted by Crippen LogP contribution is -2.42. The largest absolute Gasteiger partial charge is 0.490 e. The Hall–Kier alpha value is -3.77. The third kappa shape index (κ3) is 6.02. The molecule has 0 atom stereocenters. The van der Waals surface area contributed by atoms with Crippen molar-refractivity contribution in [2.24, 2.45) is 0 Å². The number of likely N-dealkylation sites (tertiary alicyclic amines) is 1. The highest BCUT2D eigenvalue weighted by Crippen LogP contribution is 2.37. The zero-order valence-corrected chi connectivity index (χ0v) is 22.3. The van der Waals surface area contributed by atoms with Crippen LogP contribution in [0.25, 0.3) is 21.5 Å². The van der Waals surface area contributed by atoms with Crippen molar-refractivity contribution in [3.05, 3.63) is 54.2 Å². The van der Waals surface area contributed by atoms with Gasteiger partial charge in [-0.2, -0.15) is 13.2 Å². The van der Waals surface area contributed by atoms with Gasteiger partial charge in [0.15, 0.2) is 0 Å². The molecule has 1 amide bonds. The van der Waals surface area contributed by atoms with E-state index in [1.54, 1.807) is 17.3 Å². The summed E-state index contributed by atoms with van der Waals surface area (Å²) >= 11 is 1.48. The van der Waals surface area contributed by atoms with Crippen molar-refractivity contribution in [2.45, 2.75) is 38.0 Å². The van der Waals surface area contributed by atoms with Gasteiger partial charge in [0.05, 0.1) is 17.6 Å². The Morgan fingerprint density at radius 2 is 1.95 bits per heavy atom. The van der Waals surface area contributed by atoms with E-state index in [0.717, 1.165) is 33.8 Å². The number of nitrogens with zero attached hydrogens (tertiary/aromatic N) is 5. The van der Waals surface area contributed by atoms with Crippen LogP contribution in [0.2, 0.25) is 0 Å². The summed E-state index contributed by atoms with van der Waals surface area (Å²) in [5, 5.41) is 6.70. The Kier molecular flexibility index (Phi) is 7.28. The number of ether oxygens (including phenoxy) is 1. The van der Waals surface area contributed by atoms with Crippen molar-refractivity contribution >= 4 is 45.5 Å². The van der Waals surface area contributed by atoms with E-state index in [9.17, 15) is 18.0 Å². The highest BCUT2D eigenvalue weighted by Gasteiger charge is 2.33. The number of nitrogens with one attached hydrogen (secondary N) is 1. The van der Waals surface area contributed by atoms with E-state index in [1.807, 2.05) is 41.8 Å². The number of hydrogen-bond acceptors (Lipinski definition) is 8. The number of carbonyl (C=O) groups is 1. The Balaban J connectivity index is 1.24. The van der Waals surface area contributed by atoms with Gasteiger partial charge in [-0.25, -0.2) is 15.0 Å². The molecule has 1 N–H and O–H groups in total. The molecule has 2 saturated heterocycles. The van der Waals surface area contributed by atoms with E-state index in [4.69, 9.17) is 9.72 Å². The average molecular weight is 569 g/mol. The number of aromatic nitrogens is 3. The van der Waals surface area contributed by atoms with Crippen LogP contribution in [0.1, 0.15) is 25.7 Å². The molecule has 40 heavy (non-hydrogen) atoms. The molecule has 208 valence electrons. The fourth-order valence-electron chi connectivity index (χ4n) is 5.16. The molecule has 0 spiro atoms. The first-order chi connectivity index (χ1) is 19.3. The summed E-state index contributed by atoms with van der Waals surface area (Å²) in [6.07, 6.45) is 1.44. The van der Waals surface area contributed by atoms with Crippen LogP contribution in [0.4, 0.5) is 30.5 Å². The number of amides is 1. The van der Waals surface area contributed by atoms with Gasteiger partial charge < -0.3 is 15.0 Å². The molecule has 0 unspecified atom stereocenters. The minimum absolute atomic E-state index is 0.119. The number of piperidine rings is 1. The van der Waals surface area contributed by atoms with E-state index < -0.39 is 12.7 Å². The summed E-state index contributed by atoms with van der Waals surface area (Å²) < 4.78 is 44.8. The SMILES string of the molecule is O=C1CCCN1c1cccc(Nc2ncc3cc(-c4nccs4)c(OC4CCN(CC(F)(F)F)CC4)cc3n2)c1. The zero-order valence-electron chi connectivity index (χ0n) is 21.5. The molecule has 0 saturated carbocycles. The maximum Gasteiger partial charge on any atom is 0.401 e. The minimum Gasteiger partial charge on any atom is -0.490 e. The maximum absolute atomic E-state index is 12.8. The van der Waals surface area contributed by atoms with Gasteiger partial charge in [-0.1, -0.05) is 6.07 Å². The molecule has 0 bridgehead atoms. The normalized spacial score (nSPS) is 17.1. The van der Waals surface area contributed by atoms with E-state index in [0.29, 0.717) is 56.1 Å². The summed E-state index contributed by atoms with van der Waals surface area (Å²) in [6.45, 7) is 0.454. The number of halogens is 3. The van der Waals surface area contributed by atoms with Gasteiger partial charge in [0.25, 0.3) is 0 Å². The molecular weight excluding hydrogens is 541 g/mol. The molecule has 6 rings (SSSR count). The number of rotatable bonds is 7. The van der Waals surface area contributed by atoms with Gasteiger partial charge in [0.1, 0.15) is 16.9 Å². The highest BCUT2D eigenvalue weighted by molar-refractivity contribution is 7.13. The Labute approximate surface area is 232 Å². The van der Waals surface area contributed by atoms with Gasteiger partial charge in [-0.3, -0.25) is 9.69 Å². The van der Waals surface area contributed by atoms with Crippen LogP contribution in [0.5, 0.6) is 5.75 Å². The van der Waals surface area contributed by atoms with Gasteiger partial charge in [0.2, 0.25) is 11.9 Å². The molecule has 2 aliphatic heterocycles. The molecule has 2 fully saturated rings. The second-order valence-electron chi connectivity index (χ2n) is 9.97. The average Bonchev–Trinajstić information content (AvgIpc) is 3.61. The number of thiazole rings is 1. The van der Waals surface area contributed by atoms with Crippen LogP contribution >= 0.6 is 11.3 Å². The van der Waals surface area contributed by atoms with Crippen LogP contribution in [-0.2, 0) is 4.79 Å². The minimum atomic E-state index is -4.21. The first-order valence-corrected chi connectivity index (χ1v) is 14.0. The maximum atomic E-state index is 12.8. The summed E-state index contributed by atoms with van der Waals surface area (Å²) in [5.41, 5.74) is 3.05. The predicted octanol–water partition coefficient (Wildman–Crippen LogP) is 6.03. The Bertz CT molecular complexity index is 1510. The Morgan fingerprint density at radius 3 is 2.67 bits per heavy atom. The number of carbonyl (C=O) groups excluding carboxylic acids is 1. The molecule has 2 aromatic carbocycles. The van der Waals surface area contributed by atoms with Crippen molar-refractivity contribution < 1.29 is 22.7 Å². The first kappa shape index (κ1) is 26.5. The van der Waals surface area contributed by atoms with E-state index in [-0.39, 0.29) is 12.0 Å². The highest BCUT2D eigenvalue weighted by atomic mass is 32.1. The van der Waals surface area contributed by atoms with E-state index >= 15 is 0 Å². The van der Waals surface area contributed by atoms with E-state index in [2.05, 4.69) is 15.3 Å². The lowest BCUT2D eigenvalue weighted by atomic mass is 10.1. The van der Waals surface area contributed by atoms with Crippen LogP contribution in [0, 0.1) is 0 Å². The summed E-state index contributed by atoms with van der Waals surface area (Å²) in [7, 11) is 0. The zero-order chi connectivity index (χ0) is 27.7. The predicted molar refractivity (Wildman–Crippen MR) is 148 cm³/mol. The van der Waals surface area contributed by atoms with Crippen molar-refractivity contribution in [3.63, 3.8) is 0 Å². The summed E-state index contributed by atoms with van der Waals surface area (Å²) in [4.78, 5) is 29.0. The smallest absolute Gasteiger partial charge is 0.401 e. The van der Waals surface area contributed by atoms with Gasteiger partial charge in [-0.15, -0.1) is 11.3 Å². The number of alkyl halides is 3. The molecule has 2 aliphatic rings. The number of benzene rings is 2. The molecule has 4 heterocycles. The molecule has 2 aromatic heterocycles. The quantitative estimate of drug-likeness (QED) is 0.292. The van der Waals surface area contributed by atoms with Gasteiger partial charge >= 0.3 is 6.18 Å². The van der Waals surface area contributed by atoms with Crippen LogP contribution in [-0.4, -0.2) is 64.2 Å². The second kappa shape index (κ2) is 11.0. The molecule has 0 radical (unpaired) electrons. The van der Waals surface area contributed by atoms with Crippen LogP contribution in [0.15, 0.2) is 54.2 Å². The molecular formula is C28H27F3N6O2S. The fourth-order valence-corrected chi connectivity index (χ4v) is 5.82. The number of anilines is 3. The summed E-state index contributed by atoms with van der Waals surface area (Å²) in [5.74, 6) is 1.11. The molecule has 0 aliphatic carbocycles. The van der Waals surface area contributed by atoms with Crippen molar-refractivity contribution in [3.8, 4) is 16.3 Å². The third-order valence-corrected chi connectivity index (χ3v) is 7.87. The van der Waals surface area contributed by atoms with Gasteiger partial charge in [-0.05, 0) is 43.5 Å².